The van der Waals surface area contributed by atoms with E-state index in [4.69, 9.17) is 0 Å². The topological polar surface area (TPSA) is 85.1 Å². The second-order valence-corrected chi connectivity index (χ2v) is 7.76. The molecule has 0 radical (unpaired) electrons. The van der Waals surface area contributed by atoms with Gasteiger partial charge in [0.2, 0.25) is 0 Å². The summed E-state index contributed by atoms with van der Waals surface area (Å²) >= 11 is 0. The first-order chi connectivity index (χ1) is 16.1. The number of hydrazine groups is 1. The Morgan fingerprint density at radius 3 is 2.24 bits per heavy atom. The highest BCUT2D eigenvalue weighted by Crippen LogP contribution is 2.12. The fraction of sp³-hybridized carbons (Fsp3) is 0.192. The van der Waals surface area contributed by atoms with Crippen LogP contribution in [0.25, 0.3) is 10.9 Å². The maximum atomic E-state index is 13.4. The van der Waals surface area contributed by atoms with Crippen LogP contribution in [0.3, 0.4) is 0 Å². The minimum atomic E-state index is -0.344. The van der Waals surface area contributed by atoms with Gasteiger partial charge in [0, 0.05) is 18.7 Å². The predicted octanol–water partition coefficient (Wildman–Crippen LogP) is 2.71. The first-order valence-electron chi connectivity index (χ1n) is 11.0. The minimum Gasteiger partial charge on any atom is -0.289 e. The lowest BCUT2D eigenvalue weighted by Crippen LogP contribution is -2.40. The van der Waals surface area contributed by atoms with Gasteiger partial charge < -0.3 is 0 Å². The lowest BCUT2D eigenvalue weighted by atomic mass is 10.1. The van der Waals surface area contributed by atoms with Gasteiger partial charge >= 0.3 is 5.69 Å². The van der Waals surface area contributed by atoms with Gasteiger partial charge in [0.1, 0.15) is 0 Å². The molecule has 1 amide bonds. The number of benzene rings is 3. The molecule has 0 spiro atoms. The molecule has 168 valence electrons. The molecular weight excluding hydrogens is 416 g/mol. The number of aromatic nitrogens is 2. The van der Waals surface area contributed by atoms with E-state index in [1.807, 2.05) is 55.5 Å². The van der Waals surface area contributed by atoms with Gasteiger partial charge in [-0.3, -0.25) is 24.1 Å². The monoisotopic (exact) mass is 442 g/mol. The van der Waals surface area contributed by atoms with Crippen LogP contribution >= 0.6 is 0 Å². The highest BCUT2D eigenvalue weighted by Gasteiger charge is 2.14. The van der Waals surface area contributed by atoms with Crippen LogP contribution in [0.5, 0.6) is 0 Å². The van der Waals surface area contributed by atoms with Crippen molar-refractivity contribution in [1.82, 2.24) is 20.0 Å². The molecule has 0 fully saturated rings. The molecule has 3 aromatic carbocycles. The summed E-state index contributed by atoms with van der Waals surface area (Å²) < 4.78 is 2.93. The van der Waals surface area contributed by atoms with E-state index < -0.39 is 0 Å². The Hall–Kier alpha value is -3.97. The van der Waals surface area contributed by atoms with Crippen LogP contribution in [0.4, 0.5) is 0 Å². The van der Waals surface area contributed by atoms with Crippen molar-refractivity contribution in [1.29, 1.82) is 0 Å². The molecule has 1 heterocycles. The van der Waals surface area contributed by atoms with Crippen molar-refractivity contribution >= 4 is 16.8 Å². The zero-order valence-electron chi connectivity index (χ0n) is 18.5. The van der Waals surface area contributed by atoms with Gasteiger partial charge in [-0.05, 0) is 41.8 Å². The second-order valence-electron chi connectivity index (χ2n) is 7.76. The summed E-state index contributed by atoms with van der Waals surface area (Å²) in [4.78, 5) is 38.6. The Labute approximate surface area is 191 Å². The molecule has 7 heteroatoms. The summed E-state index contributed by atoms with van der Waals surface area (Å²) in [6.45, 7) is 3.11. The van der Waals surface area contributed by atoms with E-state index in [2.05, 4.69) is 10.9 Å². The zero-order chi connectivity index (χ0) is 23.2. The van der Waals surface area contributed by atoms with Gasteiger partial charge in [0.15, 0.2) is 0 Å². The molecule has 0 saturated carbocycles. The fourth-order valence-electron chi connectivity index (χ4n) is 3.79. The highest BCUT2D eigenvalue weighted by molar-refractivity contribution is 5.93. The first kappa shape index (κ1) is 22.2. The van der Waals surface area contributed by atoms with Gasteiger partial charge in [0.25, 0.3) is 11.5 Å². The third-order valence-electron chi connectivity index (χ3n) is 5.53. The molecule has 0 bridgehead atoms. The number of aryl methyl sites for hydroxylation is 1. The van der Waals surface area contributed by atoms with Crippen molar-refractivity contribution in [2.45, 2.75) is 26.4 Å². The number of carbonyl (C=O) groups is 1. The Morgan fingerprint density at radius 1 is 0.818 bits per heavy atom. The molecule has 0 aliphatic rings. The number of hydrogen-bond donors (Lipinski definition) is 2. The normalized spacial score (nSPS) is 10.9. The van der Waals surface area contributed by atoms with Crippen molar-refractivity contribution in [2.24, 2.45) is 0 Å². The van der Waals surface area contributed by atoms with Gasteiger partial charge in [-0.15, -0.1) is 0 Å². The maximum absolute atomic E-state index is 13.4. The van der Waals surface area contributed by atoms with Crippen molar-refractivity contribution in [3.05, 3.63) is 116 Å². The number of fused-ring (bicyclic) bond motifs is 1. The molecule has 0 aliphatic carbocycles. The van der Waals surface area contributed by atoms with Gasteiger partial charge in [0.05, 0.1) is 17.4 Å². The van der Waals surface area contributed by atoms with Crippen molar-refractivity contribution in [3.63, 3.8) is 0 Å². The molecule has 33 heavy (non-hydrogen) atoms. The third kappa shape index (κ3) is 4.94. The average Bonchev–Trinajstić information content (AvgIpc) is 2.86. The fourth-order valence-corrected chi connectivity index (χ4v) is 3.79. The Morgan fingerprint density at radius 2 is 1.52 bits per heavy atom. The van der Waals surface area contributed by atoms with Crippen LogP contribution in [-0.2, 0) is 19.5 Å². The minimum absolute atomic E-state index is 0.222. The van der Waals surface area contributed by atoms with E-state index >= 15 is 0 Å². The van der Waals surface area contributed by atoms with Gasteiger partial charge in [-0.25, -0.2) is 10.2 Å². The summed E-state index contributed by atoms with van der Waals surface area (Å²) in [6.07, 6.45) is 0.587. The third-order valence-corrected chi connectivity index (χ3v) is 5.53. The van der Waals surface area contributed by atoms with Crippen molar-refractivity contribution in [3.8, 4) is 0 Å². The number of amides is 1. The van der Waals surface area contributed by atoms with Crippen LogP contribution < -0.4 is 22.1 Å². The number of hydrogen-bond acceptors (Lipinski definition) is 4. The summed E-state index contributed by atoms with van der Waals surface area (Å²) in [7, 11) is 0. The SMILES string of the molecule is CCNNC(=O)c1ccc(Cn2c(=O)n(CCc3ccccc3)c(=O)c3ccccc32)cc1. The predicted molar refractivity (Wildman–Crippen MR) is 129 cm³/mol. The number of para-hydroxylation sites is 1. The summed E-state index contributed by atoms with van der Waals surface area (Å²) in [6, 6.07) is 24.0. The number of nitrogens with one attached hydrogen (secondary N) is 2. The molecule has 4 aromatic rings. The molecule has 0 saturated heterocycles. The lowest BCUT2D eigenvalue weighted by Gasteiger charge is -2.14. The number of carbonyl (C=O) groups excluding carboxylic acids is 1. The zero-order valence-corrected chi connectivity index (χ0v) is 18.5. The molecule has 0 aliphatic heterocycles. The smallest absolute Gasteiger partial charge is 0.289 e. The van der Waals surface area contributed by atoms with E-state index in [1.54, 1.807) is 34.9 Å². The molecule has 0 unspecified atom stereocenters. The van der Waals surface area contributed by atoms with E-state index in [1.165, 1.54) is 4.57 Å². The van der Waals surface area contributed by atoms with Crippen molar-refractivity contribution in [2.75, 3.05) is 6.54 Å². The summed E-state index contributed by atoms with van der Waals surface area (Å²) in [5.41, 5.74) is 7.81. The highest BCUT2D eigenvalue weighted by atomic mass is 16.2. The molecule has 0 atom stereocenters. The van der Waals surface area contributed by atoms with Crippen LogP contribution in [0.2, 0.25) is 0 Å². The largest absolute Gasteiger partial charge is 0.331 e. The van der Waals surface area contributed by atoms with Gasteiger partial charge in [-0.1, -0.05) is 61.5 Å². The number of nitrogens with zero attached hydrogens (tertiary/aromatic N) is 2. The molecule has 1 aromatic heterocycles. The van der Waals surface area contributed by atoms with E-state index in [0.717, 1.165) is 11.1 Å². The Bertz CT molecular complexity index is 1370. The van der Waals surface area contributed by atoms with E-state index in [9.17, 15) is 14.4 Å². The van der Waals surface area contributed by atoms with Gasteiger partial charge in [-0.2, -0.15) is 0 Å². The second kappa shape index (κ2) is 10.1. The molecule has 2 N–H and O–H groups in total. The maximum Gasteiger partial charge on any atom is 0.331 e. The average molecular weight is 443 g/mol. The summed E-state index contributed by atoms with van der Waals surface area (Å²) in [5.74, 6) is -0.222. The molecule has 4 rings (SSSR count). The quantitative estimate of drug-likeness (QED) is 0.411. The van der Waals surface area contributed by atoms with Crippen LogP contribution in [0.1, 0.15) is 28.4 Å². The van der Waals surface area contributed by atoms with Crippen LogP contribution in [0.15, 0.2) is 88.5 Å². The Kier molecular flexibility index (Phi) is 6.80. The van der Waals surface area contributed by atoms with Crippen LogP contribution in [-0.4, -0.2) is 21.6 Å². The van der Waals surface area contributed by atoms with Crippen molar-refractivity contribution < 1.29 is 4.79 Å². The first-order valence-corrected chi connectivity index (χ1v) is 11.0. The molecular formula is C26H26N4O3. The van der Waals surface area contributed by atoms with E-state index in [-0.39, 0.29) is 17.2 Å². The summed E-state index contributed by atoms with van der Waals surface area (Å²) in [5, 5.41) is 0.506. The lowest BCUT2D eigenvalue weighted by molar-refractivity contribution is 0.0934. The van der Waals surface area contributed by atoms with E-state index in [0.29, 0.717) is 42.5 Å². The van der Waals surface area contributed by atoms with Crippen LogP contribution in [0, 0.1) is 0 Å². The number of rotatable bonds is 8. The Balaban J connectivity index is 1.67. The molecule has 7 nitrogen and oxygen atoms in total. The standard InChI is InChI=1S/C26H26N4O3/c1-2-27-28-24(31)21-14-12-20(13-15-21)18-30-23-11-7-6-10-22(23)25(32)29(26(30)33)17-16-19-8-4-3-5-9-19/h3-15,27H,2,16-18H2,1H3,(H,28,31).